The number of hydrogen-bond acceptors (Lipinski definition) is 4. The van der Waals surface area contributed by atoms with Crippen LogP contribution in [0.25, 0.3) is 10.9 Å². The maximum atomic E-state index is 12.4. The number of nitrogens with one attached hydrogen (secondary N) is 1. The van der Waals surface area contributed by atoms with Gasteiger partial charge in [-0.05, 0) is 32.4 Å². The fourth-order valence-corrected chi connectivity index (χ4v) is 3.17. The molecule has 1 aliphatic heterocycles. The zero-order valence-electron chi connectivity index (χ0n) is 13.7. The number of pyridine rings is 1. The summed E-state index contributed by atoms with van der Waals surface area (Å²) in [6, 6.07) is 12.2. The maximum Gasteiger partial charge on any atom is 0.237 e. The van der Waals surface area contributed by atoms with Crippen molar-refractivity contribution in [1.29, 1.82) is 0 Å². The number of hydrogen-bond donors (Lipinski definition) is 2. The van der Waals surface area contributed by atoms with Gasteiger partial charge in [-0.2, -0.15) is 0 Å². The van der Waals surface area contributed by atoms with Gasteiger partial charge in [0.2, 0.25) is 5.91 Å². The van der Waals surface area contributed by atoms with E-state index in [0.717, 1.165) is 23.1 Å². The average molecular weight is 312 g/mol. The number of fused-ring (bicyclic) bond motifs is 1. The van der Waals surface area contributed by atoms with E-state index in [0.29, 0.717) is 13.0 Å². The number of aromatic nitrogens is 1. The Bertz CT molecular complexity index is 700. The minimum Gasteiger partial charge on any atom is -0.353 e. The third-order valence-corrected chi connectivity index (χ3v) is 4.19. The summed E-state index contributed by atoms with van der Waals surface area (Å²) < 4.78 is 0. The highest BCUT2D eigenvalue weighted by Crippen LogP contribution is 2.20. The lowest BCUT2D eigenvalue weighted by molar-refractivity contribution is -0.126. The first kappa shape index (κ1) is 15.9. The van der Waals surface area contributed by atoms with Gasteiger partial charge < -0.3 is 11.1 Å². The molecule has 2 aromatic rings. The van der Waals surface area contributed by atoms with E-state index >= 15 is 0 Å². The summed E-state index contributed by atoms with van der Waals surface area (Å²) in [6.45, 7) is 5.32. The van der Waals surface area contributed by atoms with E-state index in [9.17, 15) is 4.79 Å². The summed E-state index contributed by atoms with van der Waals surface area (Å²) in [5, 5.41) is 4.12. The number of nitrogens with zero attached hydrogens (tertiary/aromatic N) is 2. The Morgan fingerprint density at radius 2 is 2.13 bits per heavy atom. The molecule has 0 unspecified atom stereocenters. The molecule has 5 nitrogen and oxygen atoms in total. The molecule has 3 N–H and O–H groups in total. The lowest BCUT2D eigenvalue weighted by Crippen LogP contribution is -2.45. The fraction of sp³-hybridized carbons (Fsp3) is 0.444. The topological polar surface area (TPSA) is 71.2 Å². The van der Waals surface area contributed by atoms with Crippen LogP contribution in [0.1, 0.15) is 26.0 Å². The number of carbonyl (C=O) groups excluding carboxylic acids is 1. The van der Waals surface area contributed by atoms with Crippen molar-refractivity contribution in [2.45, 2.75) is 44.9 Å². The molecule has 3 rings (SSSR count). The van der Waals surface area contributed by atoms with Gasteiger partial charge in [0.15, 0.2) is 0 Å². The Morgan fingerprint density at radius 3 is 2.91 bits per heavy atom. The zero-order chi connectivity index (χ0) is 16.4. The fourth-order valence-electron chi connectivity index (χ4n) is 3.17. The molecule has 0 aliphatic carbocycles. The highest BCUT2D eigenvalue weighted by atomic mass is 16.2. The van der Waals surface area contributed by atoms with Gasteiger partial charge in [0.1, 0.15) is 0 Å². The second kappa shape index (κ2) is 6.64. The lowest BCUT2D eigenvalue weighted by Gasteiger charge is -2.24. The molecular weight excluding hydrogens is 288 g/mol. The molecule has 23 heavy (non-hydrogen) atoms. The van der Waals surface area contributed by atoms with Crippen LogP contribution in [0.4, 0.5) is 0 Å². The third-order valence-electron chi connectivity index (χ3n) is 4.19. The summed E-state index contributed by atoms with van der Waals surface area (Å²) in [4.78, 5) is 19.2. The predicted octanol–water partition coefficient (Wildman–Crippen LogP) is 1.66. The predicted molar refractivity (Wildman–Crippen MR) is 91.8 cm³/mol. The first-order valence-corrected chi connectivity index (χ1v) is 8.17. The van der Waals surface area contributed by atoms with E-state index in [2.05, 4.69) is 22.3 Å². The zero-order valence-corrected chi connectivity index (χ0v) is 13.7. The quantitative estimate of drug-likeness (QED) is 0.901. The maximum absolute atomic E-state index is 12.4. The summed E-state index contributed by atoms with van der Waals surface area (Å²) >= 11 is 0. The van der Waals surface area contributed by atoms with E-state index < -0.39 is 0 Å². The van der Waals surface area contributed by atoms with Crippen LogP contribution in [-0.2, 0) is 11.3 Å². The molecular formula is C18H24N4O. The standard InChI is InChI=1S/C18H24N4O/c1-12(2)20-18(23)17-9-14(19)10-22(17)11-15-8-7-13-5-3-4-6-16(13)21-15/h3-8,12,14,17H,9-11,19H2,1-2H3,(H,20,23)/t14-,17-/m0/s1. The van der Waals surface area contributed by atoms with Gasteiger partial charge in [0, 0.05) is 30.6 Å². The van der Waals surface area contributed by atoms with Gasteiger partial charge in [0.25, 0.3) is 0 Å². The normalized spacial score (nSPS) is 21.9. The molecule has 5 heteroatoms. The van der Waals surface area contributed by atoms with Crippen LogP contribution in [0.5, 0.6) is 0 Å². The number of nitrogens with two attached hydrogens (primary N) is 1. The summed E-state index contributed by atoms with van der Waals surface area (Å²) in [5.74, 6) is 0.0636. The summed E-state index contributed by atoms with van der Waals surface area (Å²) in [5.41, 5.74) is 8.04. The van der Waals surface area contributed by atoms with Crippen LogP contribution in [0.2, 0.25) is 0 Å². The van der Waals surface area contributed by atoms with Crippen molar-refractivity contribution in [3.8, 4) is 0 Å². The average Bonchev–Trinajstić information content (AvgIpc) is 2.87. The largest absolute Gasteiger partial charge is 0.353 e. The van der Waals surface area contributed by atoms with E-state index in [1.165, 1.54) is 0 Å². The Kier molecular flexibility index (Phi) is 4.59. The lowest BCUT2D eigenvalue weighted by atomic mass is 10.1. The van der Waals surface area contributed by atoms with Crippen molar-refractivity contribution in [3.05, 3.63) is 42.1 Å². The van der Waals surface area contributed by atoms with Gasteiger partial charge in [-0.3, -0.25) is 14.7 Å². The van der Waals surface area contributed by atoms with Gasteiger partial charge in [-0.25, -0.2) is 0 Å². The molecule has 2 atom stereocenters. The Morgan fingerprint density at radius 1 is 1.35 bits per heavy atom. The molecule has 122 valence electrons. The number of likely N-dealkylation sites (tertiary alicyclic amines) is 1. The van der Waals surface area contributed by atoms with Crippen molar-refractivity contribution >= 4 is 16.8 Å². The molecule has 1 fully saturated rings. The van der Waals surface area contributed by atoms with Crippen LogP contribution in [0.15, 0.2) is 36.4 Å². The van der Waals surface area contributed by atoms with Crippen molar-refractivity contribution in [1.82, 2.24) is 15.2 Å². The highest BCUT2D eigenvalue weighted by Gasteiger charge is 2.35. The monoisotopic (exact) mass is 312 g/mol. The molecule has 1 aromatic heterocycles. The van der Waals surface area contributed by atoms with Crippen LogP contribution in [0, 0.1) is 0 Å². The molecule has 1 aromatic carbocycles. The van der Waals surface area contributed by atoms with Gasteiger partial charge in [-0.15, -0.1) is 0 Å². The summed E-state index contributed by atoms with van der Waals surface area (Å²) in [6.07, 6.45) is 0.701. The second-order valence-electron chi connectivity index (χ2n) is 6.60. The molecule has 1 amide bonds. The number of amides is 1. The number of benzene rings is 1. The molecule has 0 saturated carbocycles. The van der Waals surface area contributed by atoms with E-state index in [1.807, 2.05) is 38.1 Å². The molecule has 2 heterocycles. The minimum absolute atomic E-state index is 0.0402. The van der Waals surface area contributed by atoms with Crippen molar-refractivity contribution < 1.29 is 4.79 Å². The van der Waals surface area contributed by atoms with Crippen LogP contribution in [0.3, 0.4) is 0 Å². The smallest absolute Gasteiger partial charge is 0.237 e. The van der Waals surface area contributed by atoms with Crippen LogP contribution < -0.4 is 11.1 Å². The Hall–Kier alpha value is -1.98. The SMILES string of the molecule is CC(C)NC(=O)[C@@H]1C[C@H](N)CN1Cc1ccc2ccccc2n1. The van der Waals surface area contributed by atoms with E-state index in [4.69, 9.17) is 10.7 Å². The van der Waals surface area contributed by atoms with Gasteiger partial charge >= 0.3 is 0 Å². The molecule has 0 radical (unpaired) electrons. The summed E-state index contributed by atoms with van der Waals surface area (Å²) in [7, 11) is 0. The van der Waals surface area contributed by atoms with Gasteiger partial charge in [0.05, 0.1) is 17.3 Å². The highest BCUT2D eigenvalue weighted by molar-refractivity contribution is 5.82. The molecule has 1 saturated heterocycles. The van der Waals surface area contributed by atoms with Crippen molar-refractivity contribution in [2.75, 3.05) is 6.54 Å². The Labute approximate surface area is 136 Å². The minimum atomic E-state index is -0.166. The van der Waals surface area contributed by atoms with Crippen LogP contribution >= 0.6 is 0 Å². The molecule has 1 aliphatic rings. The number of rotatable bonds is 4. The number of para-hydroxylation sites is 1. The molecule has 0 spiro atoms. The first-order chi connectivity index (χ1) is 11.0. The van der Waals surface area contributed by atoms with E-state index in [1.54, 1.807) is 0 Å². The Balaban J connectivity index is 1.77. The van der Waals surface area contributed by atoms with Crippen molar-refractivity contribution in [3.63, 3.8) is 0 Å². The molecule has 0 bridgehead atoms. The third kappa shape index (κ3) is 3.68. The van der Waals surface area contributed by atoms with Gasteiger partial charge in [-0.1, -0.05) is 24.3 Å². The van der Waals surface area contributed by atoms with Crippen molar-refractivity contribution in [2.24, 2.45) is 5.73 Å². The number of carbonyl (C=O) groups is 1. The van der Waals surface area contributed by atoms with Crippen LogP contribution in [-0.4, -0.2) is 40.5 Å². The van der Waals surface area contributed by atoms with E-state index in [-0.39, 0.29) is 24.0 Å². The first-order valence-electron chi connectivity index (χ1n) is 8.17. The second-order valence-corrected chi connectivity index (χ2v) is 6.60.